The molecule has 0 saturated heterocycles. The lowest BCUT2D eigenvalue weighted by Gasteiger charge is -2.09. The van der Waals surface area contributed by atoms with Crippen LogP contribution in [0.25, 0.3) is 5.69 Å². The third-order valence-electron chi connectivity index (χ3n) is 4.17. The molecule has 152 valence electrons. The molecule has 0 saturated carbocycles. The molecule has 3 rings (SSSR count). The second-order valence-corrected chi connectivity index (χ2v) is 7.55. The highest BCUT2D eigenvalue weighted by Gasteiger charge is 2.21. The summed E-state index contributed by atoms with van der Waals surface area (Å²) in [5.41, 5.74) is 3.24. The smallest absolute Gasteiger partial charge is 0.273 e. The van der Waals surface area contributed by atoms with E-state index in [9.17, 15) is 9.18 Å². The summed E-state index contributed by atoms with van der Waals surface area (Å²) in [6, 6.07) is 7.80. The van der Waals surface area contributed by atoms with Crippen LogP contribution >= 0.6 is 11.8 Å². The highest BCUT2D eigenvalue weighted by molar-refractivity contribution is 7.98. The van der Waals surface area contributed by atoms with Gasteiger partial charge in [-0.15, -0.1) is 5.10 Å². The zero-order valence-corrected chi connectivity index (χ0v) is 17.5. The third-order valence-corrected chi connectivity index (χ3v) is 5.02. The zero-order valence-electron chi connectivity index (χ0n) is 16.6. The molecule has 0 aliphatic rings. The number of nitrogens with zero attached hydrogens (tertiary/aromatic N) is 5. The van der Waals surface area contributed by atoms with Gasteiger partial charge in [0.15, 0.2) is 10.9 Å². The van der Waals surface area contributed by atoms with E-state index in [-0.39, 0.29) is 17.4 Å². The molecule has 1 amide bonds. The van der Waals surface area contributed by atoms with E-state index in [1.807, 2.05) is 19.9 Å². The first-order valence-electron chi connectivity index (χ1n) is 9.41. The maximum absolute atomic E-state index is 13.3. The first-order valence-corrected chi connectivity index (χ1v) is 10.4. The molecule has 9 heteroatoms. The molecule has 2 heterocycles. The lowest BCUT2D eigenvalue weighted by atomic mass is 10.2. The van der Waals surface area contributed by atoms with Gasteiger partial charge in [0, 0.05) is 23.7 Å². The van der Waals surface area contributed by atoms with Gasteiger partial charge in [-0.3, -0.25) is 4.79 Å². The second kappa shape index (κ2) is 9.60. The Hall–Kier alpha value is -2.81. The molecule has 1 N–H and O–H groups in total. The van der Waals surface area contributed by atoms with E-state index in [1.165, 1.54) is 23.9 Å². The molecule has 0 unspecified atom stereocenters. The van der Waals surface area contributed by atoms with Crippen molar-refractivity contribution in [1.82, 2.24) is 30.3 Å². The van der Waals surface area contributed by atoms with Crippen molar-refractivity contribution >= 4 is 17.7 Å². The molecule has 3 aromatic rings. The Morgan fingerprint density at radius 1 is 1.17 bits per heavy atom. The Kier molecular flexibility index (Phi) is 6.92. The van der Waals surface area contributed by atoms with Gasteiger partial charge in [-0.25, -0.2) is 19.0 Å². The largest absolute Gasteiger partial charge is 0.351 e. The molecule has 1 aromatic carbocycles. The van der Waals surface area contributed by atoms with Crippen molar-refractivity contribution in [2.45, 2.75) is 44.5 Å². The average Bonchev–Trinajstić information content (AvgIpc) is 3.10. The summed E-state index contributed by atoms with van der Waals surface area (Å²) in [5.74, 6) is -0.223. The topological polar surface area (TPSA) is 85.6 Å². The van der Waals surface area contributed by atoms with Gasteiger partial charge in [-0.1, -0.05) is 30.3 Å². The SMILES string of the molecule is CCCCNC(=O)c1nnn(-c2ccc(F)cc2)c1CSc1nc(C)cc(C)n1. The minimum Gasteiger partial charge on any atom is -0.351 e. The molecule has 2 aromatic heterocycles. The van der Waals surface area contributed by atoms with Crippen LogP contribution in [-0.2, 0) is 5.75 Å². The highest BCUT2D eigenvalue weighted by atomic mass is 32.2. The summed E-state index contributed by atoms with van der Waals surface area (Å²) in [6.07, 6.45) is 1.87. The van der Waals surface area contributed by atoms with Crippen molar-refractivity contribution < 1.29 is 9.18 Å². The zero-order chi connectivity index (χ0) is 20.8. The Morgan fingerprint density at radius 3 is 2.52 bits per heavy atom. The number of thioether (sulfide) groups is 1. The minimum atomic E-state index is -0.342. The maximum Gasteiger partial charge on any atom is 0.273 e. The molecule has 7 nitrogen and oxygen atoms in total. The van der Waals surface area contributed by atoms with Gasteiger partial charge in [-0.2, -0.15) is 0 Å². The number of nitrogens with one attached hydrogen (secondary N) is 1. The minimum absolute atomic E-state index is 0.252. The number of hydrogen-bond acceptors (Lipinski definition) is 6. The number of benzene rings is 1. The first kappa shape index (κ1) is 20.9. The summed E-state index contributed by atoms with van der Waals surface area (Å²) in [7, 11) is 0. The second-order valence-electron chi connectivity index (χ2n) is 6.60. The molecule has 0 spiro atoms. The van der Waals surface area contributed by atoms with Gasteiger partial charge >= 0.3 is 0 Å². The van der Waals surface area contributed by atoms with Crippen molar-refractivity contribution in [2.75, 3.05) is 6.54 Å². The van der Waals surface area contributed by atoms with Crippen molar-refractivity contribution in [2.24, 2.45) is 0 Å². The van der Waals surface area contributed by atoms with E-state index >= 15 is 0 Å². The number of aryl methyl sites for hydroxylation is 2. The standard InChI is InChI=1S/C20H23FN6OS/c1-4-5-10-22-19(28)18-17(12-29-20-23-13(2)11-14(3)24-20)27(26-25-18)16-8-6-15(21)7-9-16/h6-9,11H,4-5,10,12H2,1-3H3,(H,22,28). The van der Waals surface area contributed by atoms with Crippen LogP contribution in [0.15, 0.2) is 35.5 Å². The lowest BCUT2D eigenvalue weighted by Crippen LogP contribution is -2.26. The number of aromatic nitrogens is 5. The monoisotopic (exact) mass is 414 g/mol. The van der Waals surface area contributed by atoms with Crippen LogP contribution in [0.2, 0.25) is 0 Å². The fourth-order valence-electron chi connectivity index (χ4n) is 2.75. The number of hydrogen-bond donors (Lipinski definition) is 1. The summed E-state index contributed by atoms with van der Waals surface area (Å²) in [4.78, 5) is 21.5. The Labute approximate surface area is 173 Å². The molecule has 0 aliphatic heterocycles. The molecule has 29 heavy (non-hydrogen) atoms. The fourth-order valence-corrected chi connectivity index (χ4v) is 3.69. The molecule has 0 radical (unpaired) electrons. The van der Waals surface area contributed by atoms with Crippen LogP contribution in [0.5, 0.6) is 0 Å². The van der Waals surface area contributed by atoms with Gasteiger partial charge in [0.25, 0.3) is 5.91 Å². The van der Waals surface area contributed by atoms with E-state index in [0.717, 1.165) is 24.2 Å². The number of rotatable bonds is 8. The summed E-state index contributed by atoms with van der Waals surface area (Å²) in [5, 5.41) is 11.7. The van der Waals surface area contributed by atoms with Crippen LogP contribution in [0.3, 0.4) is 0 Å². The van der Waals surface area contributed by atoms with Gasteiger partial charge < -0.3 is 5.32 Å². The number of carbonyl (C=O) groups is 1. The van der Waals surface area contributed by atoms with E-state index in [2.05, 4.69) is 32.5 Å². The normalized spacial score (nSPS) is 10.9. The van der Waals surface area contributed by atoms with Crippen molar-refractivity contribution in [3.63, 3.8) is 0 Å². The van der Waals surface area contributed by atoms with Crippen LogP contribution in [0, 0.1) is 19.7 Å². The lowest BCUT2D eigenvalue weighted by molar-refractivity contribution is 0.0947. The Bertz CT molecular complexity index is 969. The van der Waals surface area contributed by atoms with Crippen LogP contribution in [0.1, 0.15) is 47.3 Å². The molecule has 0 fully saturated rings. The van der Waals surface area contributed by atoms with Gasteiger partial charge in [0.1, 0.15) is 5.82 Å². The summed E-state index contributed by atoms with van der Waals surface area (Å²) >= 11 is 1.40. The Morgan fingerprint density at radius 2 is 1.86 bits per heavy atom. The summed E-state index contributed by atoms with van der Waals surface area (Å²) < 4.78 is 14.9. The van der Waals surface area contributed by atoms with Gasteiger partial charge in [-0.05, 0) is 50.6 Å². The van der Waals surface area contributed by atoms with Gasteiger partial charge in [0.05, 0.1) is 11.4 Å². The quantitative estimate of drug-likeness (QED) is 0.344. The summed E-state index contributed by atoms with van der Waals surface area (Å²) in [6.45, 7) is 6.46. The van der Waals surface area contributed by atoms with Crippen LogP contribution in [-0.4, -0.2) is 37.4 Å². The highest BCUT2D eigenvalue weighted by Crippen LogP contribution is 2.23. The van der Waals surface area contributed by atoms with Crippen LogP contribution in [0.4, 0.5) is 4.39 Å². The molecule has 0 bridgehead atoms. The maximum atomic E-state index is 13.3. The number of unbranched alkanes of at least 4 members (excludes halogenated alkanes) is 1. The van der Waals surface area contributed by atoms with Gasteiger partial charge in [0.2, 0.25) is 0 Å². The molecule has 0 aliphatic carbocycles. The molecular weight excluding hydrogens is 391 g/mol. The van der Waals surface area contributed by atoms with Crippen LogP contribution < -0.4 is 5.32 Å². The number of carbonyl (C=O) groups excluding carboxylic acids is 1. The fraction of sp³-hybridized carbons (Fsp3) is 0.350. The predicted molar refractivity (Wildman–Crippen MR) is 110 cm³/mol. The van der Waals surface area contributed by atoms with E-state index in [1.54, 1.807) is 16.8 Å². The first-order chi connectivity index (χ1) is 14.0. The predicted octanol–water partition coefficient (Wildman–Crippen LogP) is 3.64. The van der Waals surface area contributed by atoms with Crippen molar-refractivity contribution in [3.8, 4) is 5.69 Å². The molecule has 0 atom stereocenters. The third kappa shape index (κ3) is 5.38. The number of amides is 1. The average molecular weight is 415 g/mol. The van der Waals surface area contributed by atoms with E-state index in [0.29, 0.717) is 28.8 Å². The van der Waals surface area contributed by atoms with E-state index in [4.69, 9.17) is 0 Å². The number of halogens is 1. The molecular formula is C20H23FN6OS. The van der Waals surface area contributed by atoms with Crippen molar-refractivity contribution in [3.05, 3.63) is 58.9 Å². The van der Waals surface area contributed by atoms with E-state index < -0.39 is 0 Å². The van der Waals surface area contributed by atoms with Crippen molar-refractivity contribution in [1.29, 1.82) is 0 Å². The Balaban J connectivity index is 1.90.